The summed E-state index contributed by atoms with van der Waals surface area (Å²) in [5.41, 5.74) is 2.91. The van der Waals surface area contributed by atoms with E-state index < -0.39 is 5.82 Å². The van der Waals surface area contributed by atoms with E-state index in [0.29, 0.717) is 30.4 Å². The Morgan fingerprint density at radius 2 is 1.84 bits per heavy atom. The number of rotatable bonds is 8. The van der Waals surface area contributed by atoms with Crippen LogP contribution in [-0.4, -0.2) is 20.9 Å². The number of halogens is 1. The van der Waals surface area contributed by atoms with Crippen molar-refractivity contribution in [1.82, 2.24) is 14.3 Å². The second-order valence-electron chi connectivity index (χ2n) is 7.95. The lowest BCUT2D eigenvalue weighted by atomic mass is 10.1. The van der Waals surface area contributed by atoms with Crippen LogP contribution in [0, 0.1) is 5.82 Å². The molecule has 0 aliphatic rings. The Balaban J connectivity index is 1.39. The predicted octanol–water partition coefficient (Wildman–Crippen LogP) is 4.31. The minimum absolute atomic E-state index is 0.0344. The maximum atomic E-state index is 13.9. The number of hydrogen-bond donors (Lipinski definition) is 1. The van der Waals surface area contributed by atoms with Crippen molar-refractivity contribution in [2.24, 2.45) is 0 Å². The summed E-state index contributed by atoms with van der Waals surface area (Å²) in [5.74, 6) is -0.426. The molecule has 0 bridgehead atoms. The smallest absolute Gasteiger partial charge is 0.275 e. The normalized spacial score (nSPS) is 12.3. The number of carbonyl (C=O) groups is 1. The highest BCUT2D eigenvalue weighted by molar-refractivity contribution is 5.79. The van der Waals surface area contributed by atoms with Crippen LogP contribution in [0.25, 0.3) is 16.6 Å². The van der Waals surface area contributed by atoms with Gasteiger partial charge in [0, 0.05) is 25.2 Å². The van der Waals surface area contributed by atoms with E-state index in [-0.39, 0.29) is 17.5 Å². The second kappa shape index (κ2) is 9.16. The Bertz CT molecular complexity index is 1260. The SMILES string of the molecule is C[C@H](CCc1ccccc1)NC(=O)CCCn1c(=O)c2cccn2c2ccc(F)cc21. The molecule has 2 heterocycles. The Kier molecular flexibility index (Phi) is 6.16. The molecule has 0 saturated heterocycles. The molecule has 31 heavy (non-hydrogen) atoms. The topological polar surface area (TPSA) is 55.5 Å². The molecule has 0 saturated carbocycles. The highest BCUT2D eigenvalue weighted by Crippen LogP contribution is 2.17. The van der Waals surface area contributed by atoms with Gasteiger partial charge in [0.25, 0.3) is 5.56 Å². The number of fused-ring (bicyclic) bond motifs is 3. The molecule has 2 aromatic heterocycles. The maximum Gasteiger partial charge on any atom is 0.275 e. The van der Waals surface area contributed by atoms with Crippen LogP contribution in [0.3, 0.4) is 0 Å². The van der Waals surface area contributed by atoms with Crippen LogP contribution in [0.2, 0.25) is 0 Å². The number of amides is 1. The zero-order valence-electron chi connectivity index (χ0n) is 17.6. The largest absolute Gasteiger partial charge is 0.354 e. The molecular weight excluding hydrogens is 393 g/mol. The fourth-order valence-electron chi connectivity index (χ4n) is 4.00. The van der Waals surface area contributed by atoms with Gasteiger partial charge in [0.05, 0.1) is 11.0 Å². The van der Waals surface area contributed by atoms with Gasteiger partial charge in [-0.25, -0.2) is 4.39 Å². The Morgan fingerprint density at radius 3 is 2.65 bits per heavy atom. The van der Waals surface area contributed by atoms with E-state index in [1.807, 2.05) is 25.1 Å². The molecular formula is C25H26FN3O2. The number of nitrogens with one attached hydrogen (secondary N) is 1. The molecule has 4 rings (SSSR count). The summed E-state index contributed by atoms with van der Waals surface area (Å²) >= 11 is 0. The fraction of sp³-hybridized carbons (Fsp3) is 0.280. The van der Waals surface area contributed by atoms with Crippen LogP contribution in [-0.2, 0) is 17.8 Å². The third-order valence-electron chi connectivity index (χ3n) is 5.60. The highest BCUT2D eigenvalue weighted by atomic mass is 19.1. The van der Waals surface area contributed by atoms with E-state index >= 15 is 0 Å². The molecule has 160 valence electrons. The van der Waals surface area contributed by atoms with Gasteiger partial charge in [-0.3, -0.25) is 9.59 Å². The first-order chi connectivity index (χ1) is 15.0. The van der Waals surface area contributed by atoms with Crippen LogP contribution >= 0.6 is 0 Å². The van der Waals surface area contributed by atoms with Gasteiger partial charge in [0.1, 0.15) is 11.3 Å². The van der Waals surface area contributed by atoms with Crippen molar-refractivity contribution in [2.75, 3.05) is 0 Å². The van der Waals surface area contributed by atoms with Gasteiger partial charge in [0.15, 0.2) is 0 Å². The lowest BCUT2D eigenvalue weighted by Gasteiger charge is -2.15. The van der Waals surface area contributed by atoms with Crippen molar-refractivity contribution in [3.63, 3.8) is 0 Å². The van der Waals surface area contributed by atoms with E-state index in [9.17, 15) is 14.0 Å². The van der Waals surface area contributed by atoms with Gasteiger partial charge in [-0.2, -0.15) is 0 Å². The van der Waals surface area contributed by atoms with Crippen LogP contribution in [0.4, 0.5) is 4.39 Å². The van der Waals surface area contributed by atoms with Gasteiger partial charge in [-0.1, -0.05) is 30.3 Å². The molecule has 5 nitrogen and oxygen atoms in total. The van der Waals surface area contributed by atoms with E-state index in [1.54, 1.807) is 33.4 Å². The Hall–Kier alpha value is -3.41. The fourth-order valence-corrected chi connectivity index (χ4v) is 4.00. The van der Waals surface area contributed by atoms with E-state index in [1.165, 1.54) is 17.7 Å². The van der Waals surface area contributed by atoms with Gasteiger partial charge in [-0.05, 0) is 62.1 Å². The predicted molar refractivity (Wildman–Crippen MR) is 121 cm³/mol. The third-order valence-corrected chi connectivity index (χ3v) is 5.60. The van der Waals surface area contributed by atoms with E-state index in [2.05, 4.69) is 17.4 Å². The number of carbonyl (C=O) groups excluding carboxylic acids is 1. The highest BCUT2D eigenvalue weighted by Gasteiger charge is 2.13. The zero-order valence-corrected chi connectivity index (χ0v) is 17.6. The molecule has 0 aliphatic carbocycles. The zero-order chi connectivity index (χ0) is 21.8. The van der Waals surface area contributed by atoms with Gasteiger partial charge in [0.2, 0.25) is 5.91 Å². The van der Waals surface area contributed by atoms with Gasteiger partial charge in [-0.15, -0.1) is 0 Å². The Morgan fingerprint density at radius 1 is 1.03 bits per heavy atom. The molecule has 6 heteroatoms. The number of benzene rings is 2. The first kappa shape index (κ1) is 20.8. The minimum atomic E-state index is -0.392. The van der Waals surface area contributed by atoms with Crippen LogP contribution in [0.5, 0.6) is 0 Å². The van der Waals surface area contributed by atoms with E-state index in [4.69, 9.17) is 0 Å². The van der Waals surface area contributed by atoms with Crippen LogP contribution in [0.1, 0.15) is 31.7 Å². The molecule has 0 aliphatic heterocycles. The summed E-state index contributed by atoms with van der Waals surface area (Å²) in [5, 5.41) is 3.03. The van der Waals surface area contributed by atoms with Crippen molar-refractivity contribution in [3.05, 3.63) is 88.6 Å². The summed E-state index contributed by atoms with van der Waals surface area (Å²) in [6.07, 6.45) is 4.38. The van der Waals surface area contributed by atoms with Crippen molar-refractivity contribution in [1.29, 1.82) is 0 Å². The Labute approximate surface area is 180 Å². The lowest BCUT2D eigenvalue weighted by molar-refractivity contribution is -0.121. The van der Waals surface area contributed by atoms with Crippen molar-refractivity contribution in [2.45, 2.75) is 45.2 Å². The molecule has 0 fully saturated rings. The third kappa shape index (κ3) is 4.68. The summed E-state index contributed by atoms with van der Waals surface area (Å²) in [6, 6.07) is 18.3. The number of hydrogen-bond acceptors (Lipinski definition) is 2. The minimum Gasteiger partial charge on any atom is -0.354 e. The summed E-state index contributed by atoms with van der Waals surface area (Å²) in [4.78, 5) is 25.3. The van der Waals surface area contributed by atoms with Crippen molar-refractivity contribution < 1.29 is 9.18 Å². The number of aryl methyl sites for hydroxylation is 2. The van der Waals surface area contributed by atoms with Crippen molar-refractivity contribution >= 4 is 22.5 Å². The summed E-state index contributed by atoms with van der Waals surface area (Å²) in [7, 11) is 0. The number of nitrogens with zero attached hydrogens (tertiary/aromatic N) is 2. The summed E-state index contributed by atoms with van der Waals surface area (Å²) in [6.45, 7) is 2.36. The lowest BCUT2D eigenvalue weighted by Crippen LogP contribution is -2.33. The van der Waals surface area contributed by atoms with Crippen molar-refractivity contribution in [3.8, 4) is 0 Å². The monoisotopic (exact) mass is 419 g/mol. The molecule has 0 radical (unpaired) electrons. The molecule has 0 unspecified atom stereocenters. The molecule has 1 amide bonds. The van der Waals surface area contributed by atoms with Crippen LogP contribution in [0.15, 0.2) is 71.7 Å². The molecule has 1 atom stereocenters. The standard InChI is InChI=1S/C25H26FN3O2/c1-18(11-12-19-7-3-2-4-8-19)27-24(30)10-6-16-29-23-17-20(26)13-14-21(23)28-15-5-9-22(28)25(29)31/h2-5,7-9,13-15,17-18H,6,10-12,16H2,1H3,(H,27,30)/t18-/m1/s1. The number of aromatic nitrogens is 2. The average Bonchev–Trinajstić information content (AvgIpc) is 3.25. The molecule has 4 aromatic rings. The quantitative estimate of drug-likeness (QED) is 0.463. The van der Waals surface area contributed by atoms with Crippen LogP contribution < -0.4 is 10.9 Å². The maximum absolute atomic E-state index is 13.9. The van der Waals surface area contributed by atoms with E-state index in [0.717, 1.165) is 18.4 Å². The summed E-state index contributed by atoms with van der Waals surface area (Å²) < 4.78 is 17.2. The molecule has 0 spiro atoms. The van der Waals surface area contributed by atoms with Gasteiger partial charge < -0.3 is 14.3 Å². The molecule has 2 aromatic carbocycles. The second-order valence-corrected chi connectivity index (χ2v) is 7.95. The average molecular weight is 420 g/mol. The first-order valence-corrected chi connectivity index (χ1v) is 10.7. The molecule has 1 N–H and O–H groups in total. The first-order valence-electron chi connectivity index (χ1n) is 10.7. The van der Waals surface area contributed by atoms with Gasteiger partial charge >= 0.3 is 0 Å².